The van der Waals surface area contributed by atoms with Gasteiger partial charge in [0.2, 0.25) is 0 Å². The monoisotopic (exact) mass is 460 g/mol. The van der Waals surface area contributed by atoms with E-state index in [2.05, 4.69) is 15.0 Å². The third-order valence-electron chi connectivity index (χ3n) is 4.90. The Balaban J connectivity index is 1.99. The number of halogens is 4. The lowest BCUT2D eigenvalue weighted by atomic mass is 10.1. The van der Waals surface area contributed by atoms with E-state index in [-0.39, 0.29) is 17.6 Å². The first kappa shape index (κ1) is 22.2. The molecule has 3 aromatic heterocycles. The Morgan fingerprint density at radius 2 is 1.91 bits per heavy atom. The van der Waals surface area contributed by atoms with Crippen LogP contribution in [0, 0.1) is 0 Å². The summed E-state index contributed by atoms with van der Waals surface area (Å²) in [6, 6.07) is 10.1. The van der Waals surface area contributed by atoms with Gasteiger partial charge in [-0.3, -0.25) is 14.3 Å². The first-order valence-electron chi connectivity index (χ1n) is 9.60. The molecule has 11 heteroatoms. The molecular weight excluding hydrogens is 444 g/mol. The van der Waals surface area contributed by atoms with Crippen molar-refractivity contribution < 1.29 is 27.4 Å². The highest BCUT2D eigenvalue weighted by Crippen LogP contribution is 2.34. The molecule has 1 N–H and O–H groups in total. The number of hydrogen-bond donors (Lipinski definition) is 1. The highest BCUT2D eigenvalue weighted by molar-refractivity contribution is 5.82. The van der Waals surface area contributed by atoms with E-state index in [9.17, 15) is 23.1 Å². The van der Waals surface area contributed by atoms with Gasteiger partial charge in [0, 0.05) is 18.8 Å². The van der Waals surface area contributed by atoms with Crippen LogP contribution in [0.4, 0.5) is 17.6 Å². The summed E-state index contributed by atoms with van der Waals surface area (Å²) in [6.07, 6.45) is -5.36. The number of benzene rings is 1. The first-order valence-corrected chi connectivity index (χ1v) is 9.60. The molecular formula is C22H16F4N4O3. The number of fused-ring (bicyclic) bond motifs is 1. The zero-order valence-corrected chi connectivity index (χ0v) is 17.0. The van der Waals surface area contributed by atoms with Gasteiger partial charge in [0.05, 0.1) is 18.0 Å². The molecule has 7 nitrogen and oxygen atoms in total. The quantitative estimate of drug-likeness (QED) is 0.447. The van der Waals surface area contributed by atoms with Crippen LogP contribution in [0.1, 0.15) is 17.6 Å². The highest BCUT2D eigenvalue weighted by atomic mass is 19.4. The van der Waals surface area contributed by atoms with Crippen molar-refractivity contribution in [2.75, 3.05) is 7.11 Å². The summed E-state index contributed by atoms with van der Waals surface area (Å²) in [6.45, 7) is 0. The molecule has 4 rings (SSSR count). The number of aromatic nitrogens is 4. The van der Waals surface area contributed by atoms with Gasteiger partial charge in [-0.25, -0.2) is 14.4 Å². The molecule has 0 aliphatic heterocycles. The zero-order chi connectivity index (χ0) is 23.8. The second kappa shape index (κ2) is 8.49. The van der Waals surface area contributed by atoms with E-state index in [0.29, 0.717) is 15.9 Å². The van der Waals surface area contributed by atoms with E-state index in [0.717, 1.165) is 12.3 Å². The lowest BCUT2D eigenvalue weighted by molar-refractivity contribution is -0.139. The number of ether oxygens (including phenoxy) is 1. The van der Waals surface area contributed by atoms with Crippen LogP contribution in [0.5, 0.6) is 11.5 Å². The van der Waals surface area contributed by atoms with Gasteiger partial charge in [-0.15, -0.1) is 0 Å². The smallest absolute Gasteiger partial charge is 0.434 e. The van der Waals surface area contributed by atoms with Crippen LogP contribution in [0.15, 0.2) is 59.7 Å². The Hall–Kier alpha value is -4.02. The Labute approximate surface area is 184 Å². The van der Waals surface area contributed by atoms with Gasteiger partial charge in [0.25, 0.3) is 5.56 Å². The van der Waals surface area contributed by atoms with Crippen molar-refractivity contribution in [1.29, 1.82) is 0 Å². The summed E-state index contributed by atoms with van der Waals surface area (Å²) in [5.41, 5.74) is -2.96. The van der Waals surface area contributed by atoms with Gasteiger partial charge in [0.15, 0.2) is 17.8 Å². The molecule has 0 saturated carbocycles. The number of aromatic hydroxyl groups is 1. The van der Waals surface area contributed by atoms with Crippen molar-refractivity contribution in [2.24, 2.45) is 0 Å². The normalized spacial score (nSPS) is 12.6. The predicted octanol–water partition coefficient (Wildman–Crippen LogP) is 4.30. The first-order chi connectivity index (χ1) is 15.7. The molecule has 0 amide bonds. The molecule has 0 spiro atoms. The second-order valence-electron chi connectivity index (χ2n) is 7.02. The summed E-state index contributed by atoms with van der Waals surface area (Å²) in [4.78, 5) is 24.6. The minimum Gasteiger partial charge on any atom is -0.506 e. The number of pyridine rings is 2. The van der Waals surface area contributed by atoms with Crippen LogP contribution in [0.25, 0.3) is 22.4 Å². The van der Waals surface area contributed by atoms with Gasteiger partial charge < -0.3 is 9.84 Å². The molecule has 1 unspecified atom stereocenters. The maximum absolute atomic E-state index is 15.6. The fraction of sp³-hybridized carbons (Fsp3) is 0.182. The van der Waals surface area contributed by atoms with E-state index in [1.807, 2.05) is 0 Å². The lowest BCUT2D eigenvalue weighted by Gasteiger charge is -2.19. The highest BCUT2D eigenvalue weighted by Gasteiger charge is 2.37. The Morgan fingerprint density at radius 3 is 2.61 bits per heavy atom. The van der Waals surface area contributed by atoms with Crippen molar-refractivity contribution in [3.05, 3.63) is 76.5 Å². The molecule has 1 atom stereocenters. The van der Waals surface area contributed by atoms with Gasteiger partial charge in [-0.1, -0.05) is 12.1 Å². The van der Waals surface area contributed by atoms with Gasteiger partial charge in [-0.2, -0.15) is 13.2 Å². The number of hydrogen-bond acceptors (Lipinski definition) is 6. The fourth-order valence-corrected chi connectivity index (χ4v) is 3.44. The van der Waals surface area contributed by atoms with E-state index in [4.69, 9.17) is 4.74 Å². The molecule has 3 heterocycles. The maximum atomic E-state index is 15.6. The van der Waals surface area contributed by atoms with Crippen LogP contribution in [0.3, 0.4) is 0 Å². The van der Waals surface area contributed by atoms with Crippen molar-refractivity contribution in [3.63, 3.8) is 0 Å². The summed E-state index contributed by atoms with van der Waals surface area (Å²) in [5, 5.41) is 9.35. The molecule has 33 heavy (non-hydrogen) atoms. The van der Waals surface area contributed by atoms with Crippen LogP contribution >= 0.6 is 0 Å². The number of alkyl halides is 4. The summed E-state index contributed by atoms with van der Waals surface area (Å²) in [7, 11) is 1.43. The van der Waals surface area contributed by atoms with E-state index in [1.165, 1.54) is 31.5 Å². The topological polar surface area (TPSA) is 90.1 Å². The molecule has 0 saturated heterocycles. The molecule has 0 fully saturated rings. The fourth-order valence-electron chi connectivity index (χ4n) is 3.44. The van der Waals surface area contributed by atoms with Gasteiger partial charge >= 0.3 is 6.18 Å². The number of methoxy groups -OCH3 is 1. The van der Waals surface area contributed by atoms with Crippen molar-refractivity contribution in [3.8, 4) is 23.0 Å². The van der Waals surface area contributed by atoms with Crippen LogP contribution in [0.2, 0.25) is 0 Å². The molecule has 0 aliphatic carbocycles. The second-order valence-corrected chi connectivity index (χ2v) is 7.02. The zero-order valence-electron chi connectivity index (χ0n) is 17.0. The van der Waals surface area contributed by atoms with Crippen LogP contribution in [-0.2, 0) is 12.6 Å². The molecule has 4 aromatic rings. The SMILES string of the molecule is COc1cccc(CC(F)n2c(-c3ncccc3O)nc3ccnc(C(F)(F)F)c3c2=O)c1. The van der Waals surface area contributed by atoms with Gasteiger partial charge in [0.1, 0.15) is 17.2 Å². The van der Waals surface area contributed by atoms with Crippen LogP contribution in [-0.4, -0.2) is 31.7 Å². The largest absolute Gasteiger partial charge is 0.506 e. The summed E-state index contributed by atoms with van der Waals surface area (Å²) < 4.78 is 61.8. The van der Waals surface area contributed by atoms with E-state index < -0.39 is 40.7 Å². The van der Waals surface area contributed by atoms with E-state index >= 15 is 4.39 Å². The Kier molecular flexibility index (Phi) is 5.71. The molecule has 0 aliphatic rings. The summed E-state index contributed by atoms with van der Waals surface area (Å²) >= 11 is 0. The predicted molar refractivity (Wildman–Crippen MR) is 111 cm³/mol. The average Bonchev–Trinajstić information content (AvgIpc) is 2.78. The standard InChI is InChI=1S/C22H16F4N4O3/c1-33-13-5-2-4-12(10-13)11-16(23)30-20(18-15(31)6-3-8-27-18)29-14-7-9-28-19(22(24,25)26)17(14)21(30)32/h2-10,16,31H,11H2,1H3. The summed E-state index contributed by atoms with van der Waals surface area (Å²) in [5.74, 6) is -0.397. The Bertz CT molecular complexity index is 1390. The Morgan fingerprint density at radius 1 is 1.12 bits per heavy atom. The number of rotatable bonds is 5. The molecule has 0 bridgehead atoms. The molecule has 0 radical (unpaired) electrons. The van der Waals surface area contributed by atoms with Crippen molar-refractivity contribution in [2.45, 2.75) is 18.9 Å². The average molecular weight is 460 g/mol. The molecule has 170 valence electrons. The van der Waals surface area contributed by atoms with E-state index in [1.54, 1.807) is 18.2 Å². The minimum atomic E-state index is -4.97. The maximum Gasteiger partial charge on any atom is 0.434 e. The van der Waals surface area contributed by atoms with Crippen LogP contribution < -0.4 is 10.3 Å². The third kappa shape index (κ3) is 4.21. The third-order valence-corrected chi connectivity index (χ3v) is 4.90. The minimum absolute atomic E-state index is 0.254. The van der Waals surface area contributed by atoms with Gasteiger partial charge in [-0.05, 0) is 35.9 Å². The molecule has 1 aromatic carbocycles. The van der Waals surface area contributed by atoms with Crippen molar-refractivity contribution >= 4 is 10.9 Å². The van der Waals surface area contributed by atoms with Crippen molar-refractivity contribution in [1.82, 2.24) is 19.5 Å². The number of nitrogens with zero attached hydrogens (tertiary/aromatic N) is 4. The lowest BCUT2D eigenvalue weighted by Crippen LogP contribution is -2.29.